The maximum absolute atomic E-state index is 14.2. The van der Waals surface area contributed by atoms with Crippen molar-refractivity contribution >= 4 is 29.1 Å². The Kier molecular flexibility index (Phi) is 8.80. The number of hydrogen-bond acceptors (Lipinski definition) is 3. The Balaban J connectivity index is 1.96. The summed E-state index contributed by atoms with van der Waals surface area (Å²) in [7, 11) is 2.00. The van der Waals surface area contributed by atoms with Crippen molar-refractivity contribution in [3.63, 3.8) is 0 Å². The molecule has 0 bridgehead atoms. The molecule has 3 rings (SSSR count). The molecule has 0 unspecified atom stereocenters. The van der Waals surface area contributed by atoms with E-state index in [1.165, 1.54) is 4.90 Å². The highest BCUT2D eigenvalue weighted by atomic mass is 35.5. The van der Waals surface area contributed by atoms with Gasteiger partial charge in [-0.15, -0.1) is 0 Å². The number of rotatable bonds is 3. The van der Waals surface area contributed by atoms with Crippen LogP contribution in [0.1, 0.15) is 37.3 Å². The lowest BCUT2D eigenvalue weighted by Gasteiger charge is -2.31. The molecule has 0 N–H and O–H groups in total. The molecule has 0 aromatic heterocycles. The van der Waals surface area contributed by atoms with Crippen LogP contribution in [0.25, 0.3) is 0 Å². The van der Waals surface area contributed by atoms with Crippen LogP contribution >= 0.6 is 11.6 Å². The maximum atomic E-state index is 14.2. The zero-order valence-corrected chi connectivity index (χ0v) is 19.9. The molecular weight excluding hydrogens is 448 g/mol. The zero-order valence-electron chi connectivity index (χ0n) is 19.1. The van der Waals surface area contributed by atoms with Gasteiger partial charge in [0.15, 0.2) is 11.6 Å². The normalized spacial score (nSPS) is 16.0. The van der Waals surface area contributed by atoms with Gasteiger partial charge >= 0.3 is 0 Å². The minimum atomic E-state index is -1.01. The number of nitrogens with zero attached hydrogens (tertiary/aromatic N) is 3. The SMILES string of the molecule is CCC(=O)N1CCCN(C)CCCN(C(=O)Cc2ccc(Cl)cc2)Cc2cc(F)c(F)cc21. The number of hydrogen-bond donors (Lipinski definition) is 0. The first-order valence-corrected chi connectivity index (χ1v) is 11.6. The summed E-state index contributed by atoms with van der Waals surface area (Å²) in [6.45, 7) is 4.25. The van der Waals surface area contributed by atoms with Crippen LogP contribution in [0.15, 0.2) is 36.4 Å². The van der Waals surface area contributed by atoms with Gasteiger partial charge < -0.3 is 14.7 Å². The van der Waals surface area contributed by atoms with Crippen LogP contribution in [0, 0.1) is 11.6 Å². The van der Waals surface area contributed by atoms with Crippen LogP contribution in [0.2, 0.25) is 5.02 Å². The second kappa shape index (κ2) is 11.6. The molecule has 33 heavy (non-hydrogen) atoms. The highest BCUT2D eigenvalue weighted by Gasteiger charge is 2.24. The molecule has 0 aliphatic carbocycles. The van der Waals surface area contributed by atoms with Crippen LogP contribution < -0.4 is 4.90 Å². The standard InChI is InChI=1S/C25H30ClF2N3O2/c1-3-24(32)31-13-5-11-29(2)10-4-12-30(17-19-15-21(27)22(28)16-23(19)31)25(33)14-18-6-8-20(26)9-7-18/h6-9,15-16H,3-5,10-14,17H2,1-2H3. The molecule has 1 aliphatic rings. The smallest absolute Gasteiger partial charge is 0.227 e. The van der Waals surface area contributed by atoms with Crippen molar-refractivity contribution in [3.8, 4) is 0 Å². The van der Waals surface area contributed by atoms with E-state index < -0.39 is 11.6 Å². The van der Waals surface area contributed by atoms with Gasteiger partial charge in [-0.25, -0.2) is 8.78 Å². The van der Waals surface area contributed by atoms with E-state index in [0.29, 0.717) is 35.8 Å². The first-order chi connectivity index (χ1) is 15.8. The molecule has 0 radical (unpaired) electrons. The van der Waals surface area contributed by atoms with Crippen LogP contribution in [-0.2, 0) is 22.6 Å². The van der Waals surface area contributed by atoms with Gasteiger partial charge in [0.2, 0.25) is 11.8 Å². The number of benzene rings is 2. The van der Waals surface area contributed by atoms with Gasteiger partial charge in [0, 0.05) is 37.1 Å². The summed E-state index contributed by atoms with van der Waals surface area (Å²) in [6, 6.07) is 9.26. The summed E-state index contributed by atoms with van der Waals surface area (Å²) >= 11 is 5.95. The molecule has 0 saturated carbocycles. The topological polar surface area (TPSA) is 43.9 Å². The third-order valence-electron chi connectivity index (χ3n) is 5.89. The van der Waals surface area contributed by atoms with E-state index in [1.807, 2.05) is 7.05 Å². The quantitative estimate of drug-likeness (QED) is 0.646. The number of amides is 2. The molecule has 0 saturated heterocycles. The fourth-order valence-electron chi connectivity index (χ4n) is 4.05. The van der Waals surface area contributed by atoms with Gasteiger partial charge in [-0.05, 0) is 62.3 Å². The minimum Gasteiger partial charge on any atom is -0.338 e. The Morgan fingerprint density at radius 1 is 0.939 bits per heavy atom. The highest BCUT2D eigenvalue weighted by molar-refractivity contribution is 6.30. The first kappa shape index (κ1) is 25.1. The van der Waals surface area contributed by atoms with Crippen molar-refractivity contribution in [2.24, 2.45) is 0 Å². The van der Waals surface area contributed by atoms with E-state index in [1.54, 1.807) is 36.1 Å². The van der Waals surface area contributed by atoms with E-state index >= 15 is 0 Å². The van der Waals surface area contributed by atoms with Gasteiger partial charge in [-0.3, -0.25) is 9.59 Å². The molecule has 5 nitrogen and oxygen atoms in total. The van der Waals surface area contributed by atoms with Crippen molar-refractivity contribution in [1.82, 2.24) is 9.80 Å². The average Bonchev–Trinajstić information content (AvgIpc) is 2.78. The van der Waals surface area contributed by atoms with Crippen LogP contribution in [0.4, 0.5) is 14.5 Å². The number of carbonyl (C=O) groups excluding carboxylic acids is 2. The number of anilines is 1. The van der Waals surface area contributed by atoms with Gasteiger partial charge in [-0.1, -0.05) is 30.7 Å². The molecular formula is C25H30ClF2N3O2. The Morgan fingerprint density at radius 3 is 2.24 bits per heavy atom. The lowest BCUT2D eigenvalue weighted by atomic mass is 10.1. The summed E-state index contributed by atoms with van der Waals surface area (Å²) in [5, 5.41) is 0.590. The van der Waals surface area contributed by atoms with E-state index in [-0.39, 0.29) is 31.2 Å². The van der Waals surface area contributed by atoms with E-state index in [9.17, 15) is 18.4 Å². The Hall–Kier alpha value is -2.51. The van der Waals surface area contributed by atoms with Crippen LogP contribution in [-0.4, -0.2) is 54.8 Å². The van der Waals surface area contributed by atoms with E-state index in [4.69, 9.17) is 11.6 Å². The highest BCUT2D eigenvalue weighted by Crippen LogP contribution is 2.27. The Morgan fingerprint density at radius 2 is 1.58 bits per heavy atom. The molecule has 2 aromatic carbocycles. The van der Waals surface area contributed by atoms with Gasteiger partial charge in [0.1, 0.15) is 0 Å². The Labute approximate surface area is 198 Å². The van der Waals surface area contributed by atoms with Crippen molar-refractivity contribution in [3.05, 3.63) is 64.2 Å². The third-order valence-corrected chi connectivity index (χ3v) is 6.14. The summed E-state index contributed by atoms with van der Waals surface area (Å²) in [4.78, 5) is 31.3. The van der Waals surface area contributed by atoms with Crippen LogP contribution in [0.5, 0.6) is 0 Å². The fraction of sp³-hybridized carbons (Fsp3) is 0.440. The number of carbonyl (C=O) groups is 2. The van der Waals surface area contributed by atoms with Crippen molar-refractivity contribution in [2.45, 2.75) is 39.2 Å². The molecule has 2 aromatic rings. The fourth-order valence-corrected chi connectivity index (χ4v) is 4.18. The summed E-state index contributed by atoms with van der Waals surface area (Å²) in [5.74, 6) is -2.29. The molecule has 2 amide bonds. The largest absolute Gasteiger partial charge is 0.338 e. The molecule has 178 valence electrons. The molecule has 1 heterocycles. The molecule has 0 spiro atoms. The average molecular weight is 478 g/mol. The van der Waals surface area contributed by atoms with Crippen LogP contribution in [0.3, 0.4) is 0 Å². The summed E-state index contributed by atoms with van der Waals surface area (Å²) < 4.78 is 28.5. The first-order valence-electron chi connectivity index (χ1n) is 11.3. The van der Waals surface area contributed by atoms with Crippen molar-refractivity contribution in [2.75, 3.05) is 38.1 Å². The van der Waals surface area contributed by atoms with Crippen molar-refractivity contribution in [1.29, 1.82) is 0 Å². The molecule has 8 heteroatoms. The van der Waals surface area contributed by atoms with E-state index in [0.717, 1.165) is 37.2 Å². The maximum Gasteiger partial charge on any atom is 0.227 e. The minimum absolute atomic E-state index is 0.0934. The van der Waals surface area contributed by atoms with Gasteiger partial charge in [0.25, 0.3) is 0 Å². The third kappa shape index (κ3) is 6.74. The number of fused-ring (bicyclic) bond motifs is 1. The Bertz CT molecular complexity index is 984. The van der Waals surface area contributed by atoms with E-state index in [2.05, 4.69) is 4.90 Å². The van der Waals surface area contributed by atoms with Crippen molar-refractivity contribution < 1.29 is 18.4 Å². The summed E-state index contributed by atoms with van der Waals surface area (Å²) in [5.41, 5.74) is 1.57. The number of halogens is 3. The lowest BCUT2D eigenvalue weighted by molar-refractivity contribution is -0.131. The predicted octanol–water partition coefficient (Wildman–Crippen LogP) is 4.66. The second-order valence-corrected chi connectivity index (χ2v) is 8.86. The lowest BCUT2D eigenvalue weighted by Crippen LogP contribution is -2.38. The second-order valence-electron chi connectivity index (χ2n) is 8.42. The molecule has 0 atom stereocenters. The zero-order chi connectivity index (χ0) is 24.0. The summed E-state index contributed by atoms with van der Waals surface area (Å²) in [6.07, 6.45) is 1.87. The monoisotopic (exact) mass is 477 g/mol. The van der Waals surface area contributed by atoms with Gasteiger partial charge in [-0.2, -0.15) is 0 Å². The van der Waals surface area contributed by atoms with Gasteiger partial charge in [0.05, 0.1) is 12.1 Å². The predicted molar refractivity (Wildman–Crippen MR) is 126 cm³/mol. The molecule has 1 aliphatic heterocycles. The molecule has 0 fully saturated rings.